The molecular formula is C34H38N4O3. The van der Waals surface area contributed by atoms with Crippen LogP contribution in [0.4, 0.5) is 11.4 Å². The number of aromatic carboxylic acids is 1. The standard InChI is InChI=1S/C34H38N4O3/c1-9-37-25-15-27-23(13-21(25)19(3)17-33(37,5)6)29(30-31(32(39)40)36-12-11-35-30)24-14-22-20(4)18-34(7,8)38(10-2)26(22)16-28(24)41-27/h11-18,29H,9-10H2,1-8H3,(H,39,40). The summed E-state index contributed by atoms with van der Waals surface area (Å²) in [6.07, 6.45) is 7.62. The summed E-state index contributed by atoms with van der Waals surface area (Å²) >= 11 is 0. The first kappa shape index (κ1) is 27.1. The highest BCUT2D eigenvalue weighted by atomic mass is 16.5. The van der Waals surface area contributed by atoms with Gasteiger partial charge in [-0.3, -0.25) is 4.98 Å². The highest BCUT2D eigenvalue weighted by Crippen LogP contribution is 2.54. The smallest absolute Gasteiger partial charge is 0.356 e. The highest BCUT2D eigenvalue weighted by molar-refractivity contribution is 5.89. The summed E-state index contributed by atoms with van der Waals surface area (Å²) in [6.45, 7) is 19.2. The number of carboxylic acids is 1. The van der Waals surface area contributed by atoms with Gasteiger partial charge < -0.3 is 19.6 Å². The van der Waals surface area contributed by atoms with Gasteiger partial charge in [0, 0.05) is 71.2 Å². The first-order chi connectivity index (χ1) is 19.4. The molecule has 7 heteroatoms. The van der Waals surface area contributed by atoms with Crippen LogP contribution in [0, 0.1) is 0 Å². The van der Waals surface area contributed by atoms with Gasteiger partial charge in [-0.2, -0.15) is 0 Å². The van der Waals surface area contributed by atoms with E-state index in [4.69, 9.17) is 4.74 Å². The third kappa shape index (κ3) is 4.04. The minimum absolute atomic E-state index is 0.0427. The summed E-state index contributed by atoms with van der Waals surface area (Å²) in [4.78, 5) is 26.1. The van der Waals surface area contributed by atoms with Crippen LogP contribution in [0.5, 0.6) is 11.5 Å². The van der Waals surface area contributed by atoms with Crippen molar-refractivity contribution >= 4 is 28.5 Å². The molecule has 6 rings (SSSR count). The largest absolute Gasteiger partial charge is 0.476 e. The van der Waals surface area contributed by atoms with Crippen LogP contribution >= 0.6 is 0 Å². The Morgan fingerprint density at radius 2 is 1.29 bits per heavy atom. The van der Waals surface area contributed by atoms with E-state index in [9.17, 15) is 9.90 Å². The molecule has 0 spiro atoms. The first-order valence-electron chi connectivity index (χ1n) is 14.4. The van der Waals surface area contributed by atoms with Gasteiger partial charge >= 0.3 is 5.97 Å². The number of ether oxygens (including phenoxy) is 1. The van der Waals surface area contributed by atoms with Crippen LogP contribution in [0.25, 0.3) is 11.1 Å². The summed E-state index contributed by atoms with van der Waals surface area (Å²) in [5, 5.41) is 10.1. The zero-order chi connectivity index (χ0) is 29.4. The number of hydrogen-bond acceptors (Lipinski definition) is 6. The monoisotopic (exact) mass is 550 g/mol. The van der Waals surface area contributed by atoms with Gasteiger partial charge in [0.1, 0.15) is 11.5 Å². The number of rotatable bonds is 4. The maximum Gasteiger partial charge on any atom is 0.356 e. The van der Waals surface area contributed by atoms with Crippen molar-refractivity contribution in [3.05, 3.63) is 82.5 Å². The third-order valence-corrected chi connectivity index (χ3v) is 8.90. The van der Waals surface area contributed by atoms with E-state index in [1.807, 2.05) is 0 Å². The summed E-state index contributed by atoms with van der Waals surface area (Å²) in [6, 6.07) is 8.61. The Labute approximate surface area is 242 Å². The van der Waals surface area contributed by atoms with Crippen LogP contribution in [-0.4, -0.2) is 45.2 Å². The molecule has 0 fully saturated rings. The average molecular weight is 551 g/mol. The fourth-order valence-corrected chi connectivity index (χ4v) is 7.33. The van der Waals surface area contributed by atoms with Crippen molar-refractivity contribution in [3.8, 4) is 11.5 Å². The van der Waals surface area contributed by atoms with Crippen molar-refractivity contribution in [2.45, 2.75) is 72.4 Å². The van der Waals surface area contributed by atoms with Crippen molar-refractivity contribution < 1.29 is 14.6 Å². The summed E-state index contributed by atoms with van der Waals surface area (Å²) in [5.74, 6) is -0.113. The zero-order valence-electron chi connectivity index (χ0n) is 25.2. The molecule has 0 atom stereocenters. The van der Waals surface area contributed by atoms with Crippen LogP contribution in [-0.2, 0) is 0 Å². The van der Waals surface area contributed by atoms with Crippen LogP contribution < -0.4 is 14.5 Å². The lowest BCUT2D eigenvalue weighted by atomic mass is 9.79. The molecule has 212 valence electrons. The van der Waals surface area contributed by atoms with E-state index < -0.39 is 11.9 Å². The number of hydrogen-bond donors (Lipinski definition) is 1. The second-order valence-corrected chi connectivity index (χ2v) is 12.4. The van der Waals surface area contributed by atoms with E-state index in [0.717, 1.165) is 58.2 Å². The number of nitrogens with zero attached hydrogens (tertiary/aromatic N) is 4. The number of allylic oxidation sites excluding steroid dienone is 2. The molecule has 2 aromatic carbocycles. The van der Waals surface area contributed by atoms with Crippen molar-refractivity contribution in [2.75, 3.05) is 22.9 Å². The Balaban J connectivity index is 1.66. The van der Waals surface area contributed by atoms with Gasteiger partial charge in [-0.1, -0.05) is 12.2 Å². The molecule has 3 aliphatic rings. The molecule has 0 amide bonds. The summed E-state index contributed by atoms with van der Waals surface area (Å²) < 4.78 is 6.77. The number of anilines is 2. The van der Waals surface area contributed by atoms with Gasteiger partial charge in [0.25, 0.3) is 0 Å². The van der Waals surface area contributed by atoms with Crippen LogP contribution in [0.3, 0.4) is 0 Å². The molecule has 4 heterocycles. The summed E-state index contributed by atoms with van der Waals surface area (Å²) in [7, 11) is 0. The predicted molar refractivity (Wildman–Crippen MR) is 164 cm³/mol. The van der Waals surface area contributed by atoms with Crippen LogP contribution in [0.15, 0.2) is 48.8 Å². The predicted octanol–water partition coefficient (Wildman–Crippen LogP) is 7.50. The Morgan fingerprint density at radius 1 is 0.829 bits per heavy atom. The normalized spacial score (nSPS) is 18.3. The Morgan fingerprint density at radius 3 is 1.73 bits per heavy atom. The lowest BCUT2D eigenvalue weighted by molar-refractivity contribution is 0.0688. The number of fused-ring (bicyclic) bond motifs is 4. The van der Waals surface area contributed by atoms with Gasteiger partial charge in [-0.15, -0.1) is 0 Å². The van der Waals surface area contributed by atoms with Gasteiger partial charge in [0.15, 0.2) is 5.69 Å². The molecule has 1 aromatic heterocycles. The average Bonchev–Trinajstić information content (AvgIpc) is 2.89. The maximum absolute atomic E-state index is 12.4. The summed E-state index contributed by atoms with van der Waals surface area (Å²) in [5.41, 5.74) is 8.71. The van der Waals surface area contributed by atoms with E-state index in [1.165, 1.54) is 17.3 Å². The highest BCUT2D eigenvalue weighted by Gasteiger charge is 2.39. The molecule has 0 bridgehead atoms. The van der Waals surface area contributed by atoms with E-state index in [-0.39, 0.29) is 16.8 Å². The molecule has 1 N–H and O–H groups in total. The van der Waals surface area contributed by atoms with E-state index in [2.05, 4.69) is 112 Å². The second kappa shape index (κ2) is 9.20. The van der Waals surface area contributed by atoms with Gasteiger partial charge in [0.05, 0.1) is 22.7 Å². The molecule has 3 aliphatic heterocycles. The Hall–Kier alpha value is -4.13. The van der Waals surface area contributed by atoms with Crippen molar-refractivity contribution in [2.24, 2.45) is 0 Å². The quantitative estimate of drug-likeness (QED) is 0.282. The topological polar surface area (TPSA) is 78.8 Å². The fourth-order valence-electron chi connectivity index (χ4n) is 7.33. The fraction of sp³-hybridized carbons (Fsp3) is 0.382. The minimum Gasteiger partial charge on any atom is -0.476 e. The van der Waals surface area contributed by atoms with Crippen molar-refractivity contribution in [3.63, 3.8) is 0 Å². The van der Waals surface area contributed by atoms with Crippen molar-refractivity contribution in [1.29, 1.82) is 0 Å². The Bertz CT molecular complexity index is 1570. The molecule has 0 aliphatic carbocycles. The van der Waals surface area contributed by atoms with E-state index >= 15 is 0 Å². The number of carbonyl (C=O) groups is 1. The molecule has 7 nitrogen and oxygen atoms in total. The minimum atomic E-state index is -1.09. The maximum atomic E-state index is 12.4. The molecular weight excluding hydrogens is 512 g/mol. The lowest BCUT2D eigenvalue weighted by Gasteiger charge is -2.44. The van der Waals surface area contributed by atoms with Gasteiger partial charge in [-0.25, -0.2) is 9.78 Å². The van der Waals surface area contributed by atoms with Crippen LogP contribution in [0.2, 0.25) is 0 Å². The molecule has 41 heavy (non-hydrogen) atoms. The molecule has 0 saturated carbocycles. The van der Waals surface area contributed by atoms with Crippen molar-refractivity contribution in [1.82, 2.24) is 9.97 Å². The van der Waals surface area contributed by atoms with E-state index in [1.54, 1.807) is 6.20 Å². The number of aromatic nitrogens is 2. The zero-order valence-corrected chi connectivity index (χ0v) is 25.2. The molecule has 0 radical (unpaired) electrons. The van der Waals surface area contributed by atoms with Crippen LogP contribution in [0.1, 0.15) is 99.7 Å². The Kier molecular flexibility index (Phi) is 6.07. The first-order valence-corrected chi connectivity index (χ1v) is 14.4. The number of likely N-dealkylation sites (N-methyl/N-ethyl adjacent to an activating group) is 2. The number of benzene rings is 2. The van der Waals surface area contributed by atoms with E-state index in [0.29, 0.717) is 5.69 Å². The van der Waals surface area contributed by atoms with Gasteiger partial charge in [0.2, 0.25) is 0 Å². The molecule has 3 aromatic rings. The molecule has 0 unspecified atom stereocenters. The molecule has 0 saturated heterocycles. The SMILES string of the molecule is CCN1c2cc3c(cc2C(C)=CC1(C)C)C(c1nccnc1C(=O)O)c1cc2c(cc1O3)N(CC)C(C)(C)C=C2C. The number of carboxylic acid groups (broad SMARTS) is 1. The second-order valence-electron chi connectivity index (χ2n) is 12.4. The third-order valence-electron chi connectivity index (χ3n) is 8.90. The lowest BCUT2D eigenvalue weighted by Crippen LogP contribution is -2.45. The van der Waals surface area contributed by atoms with Gasteiger partial charge in [-0.05, 0) is 78.7 Å².